The Morgan fingerprint density at radius 3 is 2.25 bits per heavy atom. The third-order valence-corrected chi connectivity index (χ3v) is 6.35. The first-order valence-corrected chi connectivity index (χ1v) is 9.00. The minimum absolute atomic E-state index is 0.397. The highest BCUT2D eigenvalue weighted by Gasteiger charge is 2.47. The summed E-state index contributed by atoms with van der Waals surface area (Å²) in [5.41, 5.74) is 0.397. The zero-order chi connectivity index (χ0) is 14.3. The standard InChI is InChI=1S/C18H34N2/c1-13(2)17-11-19-18(4,15-7-8-15)12-20(17)16-9-5-14(3)6-10-16/h13-17,19H,5-12H2,1-4H3. The third kappa shape index (κ3) is 2.92. The van der Waals surface area contributed by atoms with Crippen LogP contribution in [0.5, 0.6) is 0 Å². The molecule has 2 heteroatoms. The summed E-state index contributed by atoms with van der Waals surface area (Å²) in [5, 5.41) is 3.93. The quantitative estimate of drug-likeness (QED) is 0.847. The molecular weight excluding hydrogens is 244 g/mol. The van der Waals surface area contributed by atoms with Crippen molar-refractivity contribution in [1.29, 1.82) is 0 Å². The molecule has 0 aromatic rings. The van der Waals surface area contributed by atoms with Crippen molar-refractivity contribution in [2.45, 2.75) is 83.8 Å². The smallest absolute Gasteiger partial charge is 0.0309 e. The Hall–Kier alpha value is -0.0800. The second-order valence-electron chi connectivity index (χ2n) is 8.47. The summed E-state index contributed by atoms with van der Waals surface area (Å²) in [6.45, 7) is 12.2. The Balaban J connectivity index is 1.71. The predicted octanol–water partition coefficient (Wildman–Crippen LogP) is 3.66. The molecule has 0 radical (unpaired) electrons. The number of nitrogens with zero attached hydrogens (tertiary/aromatic N) is 1. The summed E-state index contributed by atoms with van der Waals surface area (Å²) in [7, 11) is 0. The maximum Gasteiger partial charge on any atom is 0.0309 e. The van der Waals surface area contributed by atoms with E-state index in [1.165, 1.54) is 51.6 Å². The second kappa shape index (κ2) is 5.61. The number of hydrogen-bond acceptors (Lipinski definition) is 2. The van der Waals surface area contributed by atoms with Crippen molar-refractivity contribution in [2.24, 2.45) is 17.8 Å². The summed E-state index contributed by atoms with van der Waals surface area (Å²) < 4.78 is 0. The first kappa shape index (κ1) is 14.8. The van der Waals surface area contributed by atoms with Crippen LogP contribution in [0, 0.1) is 17.8 Å². The van der Waals surface area contributed by atoms with Gasteiger partial charge in [0.15, 0.2) is 0 Å². The molecule has 1 saturated heterocycles. The Bertz CT molecular complexity index is 328. The molecule has 2 nitrogen and oxygen atoms in total. The van der Waals surface area contributed by atoms with Gasteiger partial charge in [-0.05, 0) is 63.2 Å². The van der Waals surface area contributed by atoms with Crippen molar-refractivity contribution >= 4 is 0 Å². The maximum absolute atomic E-state index is 3.93. The SMILES string of the molecule is CC1CCC(N2CC(C)(C3CC3)NCC2C(C)C)CC1. The molecule has 1 heterocycles. The first-order valence-electron chi connectivity index (χ1n) is 9.00. The number of piperazine rings is 1. The fourth-order valence-electron chi connectivity index (χ4n) is 4.59. The van der Waals surface area contributed by atoms with Gasteiger partial charge in [0, 0.05) is 30.7 Å². The van der Waals surface area contributed by atoms with E-state index in [0.29, 0.717) is 5.54 Å². The fraction of sp³-hybridized carbons (Fsp3) is 1.00. The summed E-state index contributed by atoms with van der Waals surface area (Å²) in [6, 6.07) is 1.61. The van der Waals surface area contributed by atoms with E-state index in [1.807, 2.05) is 0 Å². The van der Waals surface area contributed by atoms with E-state index >= 15 is 0 Å². The van der Waals surface area contributed by atoms with Crippen LogP contribution in [-0.2, 0) is 0 Å². The molecular formula is C18H34N2. The van der Waals surface area contributed by atoms with E-state index in [1.54, 1.807) is 0 Å². The van der Waals surface area contributed by atoms with Crippen LogP contribution in [0.25, 0.3) is 0 Å². The van der Waals surface area contributed by atoms with Crippen LogP contribution in [-0.4, -0.2) is 35.6 Å². The maximum atomic E-state index is 3.93. The highest BCUT2D eigenvalue weighted by molar-refractivity contribution is 5.05. The average Bonchev–Trinajstić information content (AvgIpc) is 3.24. The van der Waals surface area contributed by atoms with Crippen LogP contribution < -0.4 is 5.32 Å². The van der Waals surface area contributed by atoms with Gasteiger partial charge in [0.1, 0.15) is 0 Å². The molecule has 3 fully saturated rings. The summed E-state index contributed by atoms with van der Waals surface area (Å²) in [4.78, 5) is 2.92. The summed E-state index contributed by atoms with van der Waals surface area (Å²) in [5.74, 6) is 2.67. The van der Waals surface area contributed by atoms with Gasteiger partial charge in [0.2, 0.25) is 0 Å². The molecule has 3 aliphatic rings. The molecule has 2 aliphatic carbocycles. The van der Waals surface area contributed by atoms with E-state index in [9.17, 15) is 0 Å². The topological polar surface area (TPSA) is 15.3 Å². The lowest BCUT2D eigenvalue weighted by Crippen LogP contribution is -2.67. The average molecular weight is 278 g/mol. The molecule has 0 spiro atoms. The summed E-state index contributed by atoms with van der Waals surface area (Å²) >= 11 is 0. The Kier molecular flexibility index (Phi) is 4.16. The van der Waals surface area contributed by atoms with Crippen LogP contribution in [0.4, 0.5) is 0 Å². The molecule has 1 aliphatic heterocycles. The molecule has 2 atom stereocenters. The Morgan fingerprint density at radius 1 is 1.05 bits per heavy atom. The molecule has 2 saturated carbocycles. The van der Waals surface area contributed by atoms with Crippen LogP contribution in [0.3, 0.4) is 0 Å². The first-order chi connectivity index (χ1) is 9.49. The monoisotopic (exact) mass is 278 g/mol. The fourth-order valence-corrected chi connectivity index (χ4v) is 4.59. The van der Waals surface area contributed by atoms with Crippen molar-refractivity contribution in [2.75, 3.05) is 13.1 Å². The Labute approximate surface area is 125 Å². The van der Waals surface area contributed by atoms with Crippen molar-refractivity contribution in [3.63, 3.8) is 0 Å². The van der Waals surface area contributed by atoms with Crippen LogP contribution in [0.2, 0.25) is 0 Å². The molecule has 2 unspecified atom stereocenters. The zero-order valence-corrected chi connectivity index (χ0v) is 14.0. The van der Waals surface area contributed by atoms with Crippen LogP contribution in [0.1, 0.15) is 66.2 Å². The van der Waals surface area contributed by atoms with E-state index in [4.69, 9.17) is 0 Å². The van der Waals surface area contributed by atoms with Gasteiger partial charge in [0.25, 0.3) is 0 Å². The number of hydrogen-bond donors (Lipinski definition) is 1. The van der Waals surface area contributed by atoms with E-state index in [-0.39, 0.29) is 0 Å². The molecule has 1 N–H and O–H groups in total. The molecule has 0 bridgehead atoms. The number of nitrogens with one attached hydrogen (secondary N) is 1. The van der Waals surface area contributed by atoms with Gasteiger partial charge in [-0.1, -0.05) is 20.8 Å². The number of rotatable bonds is 3. The lowest BCUT2D eigenvalue weighted by molar-refractivity contribution is 0.00196. The van der Waals surface area contributed by atoms with Gasteiger partial charge in [-0.3, -0.25) is 4.90 Å². The predicted molar refractivity (Wildman–Crippen MR) is 85.9 cm³/mol. The van der Waals surface area contributed by atoms with Crippen LogP contribution >= 0.6 is 0 Å². The highest BCUT2D eigenvalue weighted by atomic mass is 15.3. The van der Waals surface area contributed by atoms with Gasteiger partial charge in [-0.2, -0.15) is 0 Å². The third-order valence-electron chi connectivity index (χ3n) is 6.35. The van der Waals surface area contributed by atoms with E-state index in [0.717, 1.165) is 29.8 Å². The van der Waals surface area contributed by atoms with Gasteiger partial charge in [-0.15, -0.1) is 0 Å². The zero-order valence-electron chi connectivity index (χ0n) is 14.0. The second-order valence-corrected chi connectivity index (χ2v) is 8.47. The molecule has 0 aromatic heterocycles. The lowest BCUT2D eigenvalue weighted by atomic mass is 9.82. The largest absolute Gasteiger partial charge is 0.308 e. The van der Waals surface area contributed by atoms with Crippen molar-refractivity contribution in [3.8, 4) is 0 Å². The van der Waals surface area contributed by atoms with Crippen molar-refractivity contribution in [3.05, 3.63) is 0 Å². The minimum Gasteiger partial charge on any atom is -0.308 e. The van der Waals surface area contributed by atoms with Crippen molar-refractivity contribution in [1.82, 2.24) is 10.2 Å². The molecule has 0 amide bonds. The van der Waals surface area contributed by atoms with E-state index in [2.05, 4.69) is 37.9 Å². The normalized spacial score (nSPS) is 44.0. The van der Waals surface area contributed by atoms with Gasteiger partial charge < -0.3 is 5.32 Å². The van der Waals surface area contributed by atoms with E-state index < -0.39 is 0 Å². The minimum atomic E-state index is 0.397. The molecule has 0 aromatic carbocycles. The van der Waals surface area contributed by atoms with Gasteiger partial charge in [-0.25, -0.2) is 0 Å². The molecule has 116 valence electrons. The highest BCUT2D eigenvalue weighted by Crippen LogP contribution is 2.43. The van der Waals surface area contributed by atoms with Gasteiger partial charge >= 0.3 is 0 Å². The molecule has 20 heavy (non-hydrogen) atoms. The van der Waals surface area contributed by atoms with Crippen molar-refractivity contribution < 1.29 is 0 Å². The van der Waals surface area contributed by atoms with Crippen LogP contribution in [0.15, 0.2) is 0 Å². The van der Waals surface area contributed by atoms with Gasteiger partial charge in [0.05, 0.1) is 0 Å². The molecule has 3 rings (SSSR count). The Morgan fingerprint density at radius 2 is 1.70 bits per heavy atom. The lowest BCUT2D eigenvalue weighted by Gasteiger charge is -2.52. The summed E-state index contributed by atoms with van der Waals surface area (Å²) in [6.07, 6.45) is 8.66.